The van der Waals surface area contributed by atoms with Gasteiger partial charge < -0.3 is 9.67 Å². The summed E-state index contributed by atoms with van der Waals surface area (Å²) in [5.74, 6) is 0.547. The van der Waals surface area contributed by atoms with Crippen LogP contribution < -0.4 is 4.57 Å². The maximum atomic E-state index is 11.7. The van der Waals surface area contributed by atoms with Crippen molar-refractivity contribution in [3.05, 3.63) is 103 Å². The van der Waals surface area contributed by atoms with Crippen molar-refractivity contribution in [2.75, 3.05) is 0 Å². The van der Waals surface area contributed by atoms with E-state index in [1.807, 2.05) is 44.7 Å². The molecule has 1 N–H and O–H groups in total. The summed E-state index contributed by atoms with van der Waals surface area (Å²) in [7, 11) is 4.23. The number of carbonyl (C=O) groups is 1. The van der Waals surface area contributed by atoms with Crippen molar-refractivity contribution in [3.63, 3.8) is 0 Å². The molecule has 5 rings (SSSR count). The van der Waals surface area contributed by atoms with E-state index in [1.54, 1.807) is 11.3 Å². The van der Waals surface area contributed by atoms with Crippen molar-refractivity contribution in [2.45, 2.75) is 79.6 Å². The molecule has 0 aliphatic carbocycles. The van der Waals surface area contributed by atoms with E-state index in [0.717, 1.165) is 53.6 Å². The van der Waals surface area contributed by atoms with E-state index in [1.165, 1.54) is 27.1 Å². The molecular weight excluding hydrogens is 765 g/mol. The predicted octanol–water partition coefficient (Wildman–Crippen LogP) is 10.7. The number of allylic oxidation sites excluding steroid dienone is 2. The molecule has 0 aliphatic rings. The van der Waals surface area contributed by atoms with Crippen molar-refractivity contribution in [1.29, 1.82) is 0 Å². The Labute approximate surface area is 293 Å². The largest absolute Gasteiger partial charge is 0.512 e. The molecule has 0 saturated carbocycles. The van der Waals surface area contributed by atoms with Crippen LogP contribution in [0.3, 0.4) is 0 Å². The van der Waals surface area contributed by atoms with Crippen molar-refractivity contribution in [2.24, 2.45) is 11.8 Å². The number of hydrogen-bond acceptors (Lipinski definition) is 4. The van der Waals surface area contributed by atoms with Gasteiger partial charge in [0, 0.05) is 51.3 Å². The zero-order chi connectivity index (χ0) is 32.7. The number of aliphatic hydroxyl groups is 1. The van der Waals surface area contributed by atoms with E-state index in [2.05, 4.69) is 93.9 Å². The average molecular weight is 812 g/mol. The molecule has 5 aromatic rings. The first-order valence-corrected chi connectivity index (χ1v) is 17.0. The standard InChI is InChI=1S/C27H23N2S.C13H24O2.Ir/c1-27(2,3)23-16-21(15-19-7-5-6-8-22(19)23)24-17-20(10-13-29(24)4)25-26-18(9-12-28-25)11-14-30-26;1-5-10(6-2)12(14)9-13(15)11(7-3)8-4;/h5-14,16-17H,4H2,1-3H3;9-11,14H,5-8H2,1-4H3;/q-1;;/b;12-9-;. The normalized spacial score (nSPS) is 11.9. The first-order chi connectivity index (χ1) is 21.5. The second-order valence-corrected chi connectivity index (χ2v) is 13.6. The third-order valence-corrected chi connectivity index (χ3v) is 9.56. The zero-order valence-corrected chi connectivity index (χ0v) is 31.4. The number of benzene rings is 2. The Balaban J connectivity index is 0.000000309. The number of nitrogens with zero attached hydrogens (tertiary/aromatic N) is 2. The fraction of sp³-hybridized carbons (Fsp3) is 0.350. The molecular formula is C40H47IrN2O2S-. The summed E-state index contributed by atoms with van der Waals surface area (Å²) in [6.07, 6.45) is 8.80. The Bertz CT molecular complexity index is 1790. The minimum atomic E-state index is 0. The fourth-order valence-corrected chi connectivity index (χ4v) is 6.68. The first-order valence-electron chi connectivity index (χ1n) is 16.1. The molecule has 1 radical (unpaired) electrons. The van der Waals surface area contributed by atoms with Crippen LogP contribution in [0.15, 0.2) is 84.2 Å². The molecule has 3 heterocycles. The quantitative estimate of drug-likeness (QED) is 0.0698. The topological polar surface area (TPSA) is 54.1 Å². The van der Waals surface area contributed by atoms with Crippen LogP contribution in [-0.4, -0.2) is 15.9 Å². The van der Waals surface area contributed by atoms with Crippen LogP contribution >= 0.6 is 11.3 Å². The van der Waals surface area contributed by atoms with Gasteiger partial charge >= 0.3 is 0 Å². The van der Waals surface area contributed by atoms with Crippen molar-refractivity contribution < 1.29 is 34.6 Å². The van der Waals surface area contributed by atoms with Crippen molar-refractivity contribution in [3.8, 4) is 22.5 Å². The number of fused-ring (bicyclic) bond motifs is 2. The van der Waals surface area contributed by atoms with E-state index in [9.17, 15) is 9.90 Å². The number of hydrogen-bond donors (Lipinski definition) is 1. The summed E-state index contributed by atoms with van der Waals surface area (Å²) in [6.45, 7) is 14.8. The van der Waals surface area contributed by atoms with Gasteiger partial charge in [-0.25, -0.2) is 0 Å². The van der Waals surface area contributed by atoms with E-state index < -0.39 is 0 Å². The van der Waals surface area contributed by atoms with Crippen LogP contribution in [0.1, 0.15) is 79.7 Å². The molecule has 0 aliphatic heterocycles. The number of ketones is 1. The average Bonchev–Trinajstić information content (AvgIpc) is 3.51. The van der Waals surface area contributed by atoms with Crippen LogP contribution in [-0.2, 0) is 30.3 Å². The molecule has 0 atom stereocenters. The van der Waals surface area contributed by atoms with Gasteiger partial charge in [0.05, 0.1) is 22.3 Å². The van der Waals surface area contributed by atoms with Crippen LogP contribution in [0.4, 0.5) is 0 Å². The van der Waals surface area contributed by atoms with Gasteiger partial charge in [-0.15, -0.1) is 40.5 Å². The molecule has 46 heavy (non-hydrogen) atoms. The van der Waals surface area contributed by atoms with Gasteiger partial charge in [-0.3, -0.25) is 9.78 Å². The number of thiophene rings is 1. The van der Waals surface area contributed by atoms with Gasteiger partial charge in [-0.2, -0.15) is 0 Å². The second-order valence-electron chi connectivity index (χ2n) is 12.7. The van der Waals surface area contributed by atoms with Gasteiger partial charge in [0.1, 0.15) is 5.69 Å². The number of carbonyl (C=O) groups excluding carboxylic acids is 1. The monoisotopic (exact) mass is 812 g/mol. The molecule has 245 valence electrons. The van der Waals surface area contributed by atoms with Gasteiger partial charge in [0.25, 0.3) is 0 Å². The molecule has 0 fully saturated rings. The Morgan fingerprint density at radius 3 is 2.33 bits per heavy atom. The number of rotatable bonds is 9. The van der Waals surface area contributed by atoms with E-state index in [-0.39, 0.29) is 48.9 Å². The van der Waals surface area contributed by atoms with Crippen molar-refractivity contribution >= 4 is 38.0 Å². The van der Waals surface area contributed by atoms with Crippen LogP contribution in [0.5, 0.6) is 0 Å². The molecule has 3 aromatic heterocycles. The van der Waals surface area contributed by atoms with Crippen molar-refractivity contribution in [1.82, 2.24) is 4.98 Å². The van der Waals surface area contributed by atoms with Gasteiger partial charge in [0.15, 0.2) is 5.78 Å². The molecule has 2 aromatic carbocycles. The SMILES string of the molecule is CCC(CC)C(=O)/C=C(\O)C(CC)CC.[CH2-][n+]1ccc(-c2nccc3ccsc23)cc1-c1[c-]c2ccccc2c(C(C)(C)C)c1.[Ir]. The molecule has 4 nitrogen and oxygen atoms in total. The number of aromatic nitrogens is 2. The maximum Gasteiger partial charge on any atom is 0.162 e. The van der Waals surface area contributed by atoms with Gasteiger partial charge in [-0.1, -0.05) is 77.6 Å². The molecule has 6 heteroatoms. The molecule has 0 saturated heterocycles. The summed E-state index contributed by atoms with van der Waals surface area (Å²) < 4.78 is 3.13. The maximum absolute atomic E-state index is 11.7. The Hall–Kier alpha value is -3.31. The molecule has 0 unspecified atom stereocenters. The molecule has 0 amide bonds. The number of aliphatic hydroxyl groups excluding tert-OH is 1. The molecule has 0 spiro atoms. The second kappa shape index (κ2) is 16.5. The summed E-state index contributed by atoms with van der Waals surface area (Å²) in [6, 6.07) is 22.9. The molecule has 0 bridgehead atoms. The van der Waals surface area contributed by atoms with Gasteiger partial charge in [0.2, 0.25) is 0 Å². The Morgan fingerprint density at radius 1 is 1.00 bits per heavy atom. The smallest absolute Gasteiger partial charge is 0.162 e. The van der Waals surface area contributed by atoms with Crippen LogP contribution in [0, 0.1) is 24.9 Å². The van der Waals surface area contributed by atoms with E-state index in [4.69, 9.17) is 4.98 Å². The zero-order valence-electron chi connectivity index (χ0n) is 28.2. The minimum absolute atomic E-state index is 0. The fourth-order valence-electron chi connectivity index (χ4n) is 5.78. The predicted molar refractivity (Wildman–Crippen MR) is 190 cm³/mol. The third kappa shape index (κ3) is 8.53. The summed E-state index contributed by atoms with van der Waals surface area (Å²) in [5, 5.41) is 15.5. The summed E-state index contributed by atoms with van der Waals surface area (Å²) in [4.78, 5) is 16.4. The number of pyridine rings is 2. The summed E-state index contributed by atoms with van der Waals surface area (Å²) >= 11 is 1.73. The van der Waals surface area contributed by atoms with E-state index in [0.29, 0.717) is 0 Å². The Kier molecular flexibility index (Phi) is 13.3. The minimum Gasteiger partial charge on any atom is -0.512 e. The van der Waals surface area contributed by atoms with E-state index >= 15 is 0 Å². The summed E-state index contributed by atoms with van der Waals surface area (Å²) in [5.41, 5.74) is 5.53. The Morgan fingerprint density at radius 2 is 1.67 bits per heavy atom. The van der Waals surface area contributed by atoms with Gasteiger partial charge in [-0.05, 0) is 71.7 Å². The van der Waals surface area contributed by atoms with Crippen LogP contribution in [0.2, 0.25) is 0 Å². The van der Waals surface area contributed by atoms with Crippen LogP contribution in [0.25, 0.3) is 43.4 Å². The first kappa shape index (κ1) is 37.2. The third-order valence-electron chi connectivity index (χ3n) is 8.62.